The van der Waals surface area contributed by atoms with Crippen LogP contribution in [0.1, 0.15) is 33.8 Å². The third kappa shape index (κ3) is 5.40. The summed E-state index contributed by atoms with van der Waals surface area (Å²) in [6.45, 7) is -1.40. The summed E-state index contributed by atoms with van der Waals surface area (Å²) in [7, 11) is 0. The lowest BCUT2D eigenvalue weighted by molar-refractivity contribution is -0.138. The molecule has 0 amide bonds. The van der Waals surface area contributed by atoms with Crippen molar-refractivity contribution in [2.75, 3.05) is 23.2 Å². The van der Waals surface area contributed by atoms with Crippen molar-refractivity contribution in [3.05, 3.63) is 11.4 Å². The highest BCUT2D eigenvalue weighted by molar-refractivity contribution is 5.87. The Morgan fingerprint density at radius 1 is 0.857 bits per heavy atom. The molecule has 0 saturated heterocycles. The Kier molecular flexibility index (Phi) is 8.33. The zero-order valence-electron chi connectivity index (χ0n) is 14.5. The van der Waals surface area contributed by atoms with Gasteiger partial charge in [0.15, 0.2) is 24.2 Å². The van der Waals surface area contributed by atoms with Crippen molar-refractivity contribution < 1.29 is 39.6 Å². The van der Waals surface area contributed by atoms with Crippen molar-refractivity contribution in [2.45, 2.75) is 24.9 Å². The maximum absolute atomic E-state index is 11.4. The SMILES string of the molecule is NN(c1nc(C=O)c(N(N)C(CO)CC(=O)O)nc1C=O)C(CO)CC(=O)O. The summed E-state index contributed by atoms with van der Waals surface area (Å²) >= 11 is 0. The lowest BCUT2D eigenvalue weighted by Gasteiger charge is -2.29. The molecule has 0 aromatic carbocycles. The van der Waals surface area contributed by atoms with Crippen LogP contribution >= 0.6 is 0 Å². The molecular weight excluding hydrogens is 380 g/mol. The highest BCUT2D eigenvalue weighted by Gasteiger charge is 2.28. The molecule has 0 radical (unpaired) electrons. The molecule has 0 aliphatic rings. The Morgan fingerprint density at radius 2 is 1.18 bits per heavy atom. The molecule has 1 aromatic rings. The lowest BCUT2D eigenvalue weighted by Crippen LogP contribution is -2.48. The van der Waals surface area contributed by atoms with Gasteiger partial charge < -0.3 is 20.4 Å². The van der Waals surface area contributed by atoms with Crippen LogP contribution in [0.3, 0.4) is 0 Å². The highest BCUT2D eigenvalue weighted by atomic mass is 16.4. The van der Waals surface area contributed by atoms with Gasteiger partial charge in [0.25, 0.3) is 0 Å². The number of aliphatic hydroxyl groups excluding tert-OH is 2. The monoisotopic (exact) mass is 400 g/mol. The molecule has 28 heavy (non-hydrogen) atoms. The van der Waals surface area contributed by atoms with Crippen LogP contribution in [0, 0.1) is 0 Å². The molecule has 2 unspecified atom stereocenters. The summed E-state index contributed by atoms with van der Waals surface area (Å²) in [6, 6.07) is -2.36. The third-order valence-corrected chi connectivity index (χ3v) is 3.65. The molecule has 0 aliphatic carbocycles. The Labute approximate surface area is 157 Å². The summed E-state index contributed by atoms with van der Waals surface area (Å²) in [5.41, 5.74) is -0.899. The summed E-state index contributed by atoms with van der Waals surface area (Å²) < 4.78 is 0. The van der Waals surface area contributed by atoms with Crippen LogP contribution in [0.2, 0.25) is 0 Å². The Hall–Kier alpha value is -3.20. The Bertz CT molecular complexity index is 683. The predicted octanol–water partition coefficient (Wildman–Crippen LogP) is -2.87. The molecule has 8 N–H and O–H groups in total. The normalized spacial score (nSPS) is 12.7. The van der Waals surface area contributed by atoms with Gasteiger partial charge in [0, 0.05) is 0 Å². The van der Waals surface area contributed by atoms with Crippen LogP contribution in [-0.2, 0) is 9.59 Å². The van der Waals surface area contributed by atoms with E-state index in [9.17, 15) is 29.4 Å². The molecule has 2 atom stereocenters. The van der Waals surface area contributed by atoms with E-state index in [4.69, 9.17) is 21.9 Å². The number of nitrogens with zero attached hydrogens (tertiary/aromatic N) is 4. The molecule has 0 bridgehead atoms. The first-order valence-corrected chi connectivity index (χ1v) is 7.75. The number of nitrogens with two attached hydrogens (primary N) is 2. The summed E-state index contributed by atoms with van der Waals surface area (Å²) in [5, 5.41) is 37.7. The van der Waals surface area contributed by atoms with Crippen molar-refractivity contribution in [3.8, 4) is 0 Å². The molecule has 14 nitrogen and oxygen atoms in total. The van der Waals surface area contributed by atoms with Gasteiger partial charge in [-0.1, -0.05) is 0 Å². The topological polar surface area (TPSA) is 233 Å². The van der Waals surface area contributed by atoms with Gasteiger partial charge in [-0.05, 0) is 0 Å². The molecule has 1 rings (SSSR count). The minimum absolute atomic E-state index is 0.203. The van der Waals surface area contributed by atoms with E-state index in [2.05, 4.69) is 9.97 Å². The van der Waals surface area contributed by atoms with E-state index in [0.717, 1.165) is 0 Å². The first-order valence-electron chi connectivity index (χ1n) is 7.75. The second-order valence-electron chi connectivity index (χ2n) is 5.56. The van der Waals surface area contributed by atoms with Crippen LogP contribution in [-0.4, -0.2) is 80.2 Å². The van der Waals surface area contributed by atoms with Crippen molar-refractivity contribution in [2.24, 2.45) is 11.7 Å². The number of aromatic nitrogens is 2. The minimum Gasteiger partial charge on any atom is -0.481 e. The number of hydrazine groups is 2. The minimum atomic E-state index is -1.28. The summed E-state index contributed by atoms with van der Waals surface area (Å²) in [4.78, 5) is 52.2. The second-order valence-corrected chi connectivity index (χ2v) is 5.56. The van der Waals surface area contributed by atoms with Crippen molar-refractivity contribution in [1.82, 2.24) is 9.97 Å². The van der Waals surface area contributed by atoms with Gasteiger partial charge in [0.2, 0.25) is 0 Å². The Balaban J connectivity index is 3.42. The fourth-order valence-corrected chi connectivity index (χ4v) is 2.23. The smallest absolute Gasteiger partial charge is 0.305 e. The maximum atomic E-state index is 11.4. The maximum Gasteiger partial charge on any atom is 0.305 e. The van der Waals surface area contributed by atoms with Gasteiger partial charge in [0.1, 0.15) is 11.4 Å². The molecule has 154 valence electrons. The molecular formula is C14H20N6O8. The number of carboxylic acid groups (broad SMARTS) is 2. The number of hydrogen-bond donors (Lipinski definition) is 6. The number of aliphatic hydroxyl groups is 2. The average Bonchev–Trinajstić information content (AvgIpc) is 2.67. The van der Waals surface area contributed by atoms with Crippen LogP contribution in [0.5, 0.6) is 0 Å². The number of carboxylic acids is 2. The van der Waals surface area contributed by atoms with Crippen LogP contribution < -0.4 is 21.7 Å². The third-order valence-electron chi connectivity index (χ3n) is 3.65. The molecule has 0 aliphatic heterocycles. The van der Waals surface area contributed by atoms with Gasteiger partial charge >= 0.3 is 11.9 Å². The fourth-order valence-electron chi connectivity index (χ4n) is 2.23. The fraction of sp³-hybridized carbons (Fsp3) is 0.429. The quantitative estimate of drug-likeness (QED) is 0.118. The van der Waals surface area contributed by atoms with Gasteiger partial charge in [-0.2, -0.15) is 0 Å². The summed E-state index contributed by atoms with van der Waals surface area (Å²) in [6.07, 6.45) is -0.790. The molecule has 0 saturated carbocycles. The van der Waals surface area contributed by atoms with E-state index >= 15 is 0 Å². The zero-order chi connectivity index (χ0) is 21.4. The summed E-state index contributed by atoms with van der Waals surface area (Å²) in [5.74, 6) is 8.14. The average molecular weight is 400 g/mol. The molecule has 0 spiro atoms. The number of rotatable bonds is 12. The predicted molar refractivity (Wildman–Crippen MR) is 92.4 cm³/mol. The van der Waals surface area contributed by atoms with Crippen molar-refractivity contribution in [1.29, 1.82) is 0 Å². The number of aliphatic carboxylic acids is 2. The van der Waals surface area contributed by atoms with E-state index in [1.165, 1.54) is 0 Å². The van der Waals surface area contributed by atoms with Crippen molar-refractivity contribution in [3.63, 3.8) is 0 Å². The van der Waals surface area contributed by atoms with E-state index in [-0.39, 0.29) is 12.6 Å². The number of hydrogen-bond acceptors (Lipinski definition) is 12. The van der Waals surface area contributed by atoms with Crippen LogP contribution in [0.15, 0.2) is 0 Å². The first kappa shape index (κ1) is 22.8. The molecule has 14 heteroatoms. The van der Waals surface area contributed by atoms with Crippen molar-refractivity contribution >= 4 is 36.1 Å². The van der Waals surface area contributed by atoms with Gasteiger partial charge in [-0.3, -0.25) is 29.2 Å². The van der Waals surface area contributed by atoms with Crippen LogP contribution in [0.4, 0.5) is 11.6 Å². The number of carbonyl (C=O) groups is 4. The van der Waals surface area contributed by atoms with Gasteiger partial charge in [0.05, 0.1) is 38.1 Å². The standard InChI is InChI=1S/C14H20N6O8/c15-19(7(3-21)1-11(25)26)13-9(5-23)18-14(10(6-24)17-13)20(16)8(4-22)2-12(27)28/h5-8,21-22H,1-4,15-16H2,(H,25,26)(H,27,28). The lowest BCUT2D eigenvalue weighted by atomic mass is 10.2. The molecule has 1 aromatic heterocycles. The van der Waals surface area contributed by atoms with Gasteiger partial charge in [-0.25, -0.2) is 21.7 Å². The Morgan fingerprint density at radius 3 is 1.39 bits per heavy atom. The molecule has 0 fully saturated rings. The second kappa shape index (κ2) is 10.2. The highest BCUT2D eigenvalue weighted by Crippen LogP contribution is 2.23. The first-order chi connectivity index (χ1) is 13.2. The van der Waals surface area contributed by atoms with E-state index in [0.29, 0.717) is 10.0 Å². The van der Waals surface area contributed by atoms with E-state index in [1.807, 2.05) is 0 Å². The number of aldehydes is 2. The zero-order valence-corrected chi connectivity index (χ0v) is 14.5. The number of anilines is 2. The van der Waals surface area contributed by atoms with Crippen LogP contribution in [0.25, 0.3) is 0 Å². The molecule has 1 heterocycles. The van der Waals surface area contributed by atoms with Gasteiger partial charge in [-0.15, -0.1) is 0 Å². The van der Waals surface area contributed by atoms with E-state index in [1.54, 1.807) is 0 Å². The number of carbonyl (C=O) groups excluding carboxylic acids is 2. The van der Waals surface area contributed by atoms with E-state index < -0.39 is 73.1 Å². The largest absolute Gasteiger partial charge is 0.481 e.